The van der Waals surface area contributed by atoms with Gasteiger partial charge in [-0.3, -0.25) is 0 Å². The van der Waals surface area contributed by atoms with Crippen molar-refractivity contribution in [3.05, 3.63) is 11.1 Å². The smallest absolute Gasteiger partial charge is 0.00186 e. The topological polar surface area (TPSA) is 0 Å². The summed E-state index contributed by atoms with van der Waals surface area (Å²) in [5, 5.41) is 0. The van der Waals surface area contributed by atoms with Crippen LogP contribution in [-0.2, 0) is 0 Å². The molecule has 1 atom stereocenters. The van der Waals surface area contributed by atoms with Gasteiger partial charge in [-0.05, 0) is 19.3 Å². The van der Waals surface area contributed by atoms with E-state index in [1.807, 2.05) is 0 Å². The minimum atomic E-state index is 0.866. The highest BCUT2D eigenvalue weighted by atomic mass is 14.3. The van der Waals surface area contributed by atoms with Crippen molar-refractivity contribution in [3.8, 4) is 0 Å². The van der Waals surface area contributed by atoms with Crippen LogP contribution in [0, 0.1) is 5.92 Å². The average molecular weight is 96.2 g/mol. The quantitative estimate of drug-likeness (QED) is 0.439. The standard InChI is InChI=1S/C7H12/c1-4-7-5(2)6(7)3/h5H,4H2,1-3H3. The fraction of sp³-hybridized carbons (Fsp3) is 0.714. The number of allylic oxidation sites excluding steroid dienone is 2. The molecule has 0 aromatic heterocycles. The highest BCUT2D eigenvalue weighted by molar-refractivity contribution is 5.37. The molecule has 1 unspecified atom stereocenters. The minimum Gasteiger partial charge on any atom is -0.0666 e. The Morgan fingerprint density at radius 2 is 2.00 bits per heavy atom. The Kier molecular flexibility index (Phi) is 0.949. The second-order valence-electron chi connectivity index (χ2n) is 2.28. The molecule has 0 N–H and O–H groups in total. The molecular weight excluding hydrogens is 84.1 g/mol. The zero-order valence-corrected chi connectivity index (χ0v) is 5.28. The van der Waals surface area contributed by atoms with E-state index in [4.69, 9.17) is 0 Å². The molecule has 0 aliphatic heterocycles. The van der Waals surface area contributed by atoms with E-state index in [0.717, 1.165) is 5.92 Å². The van der Waals surface area contributed by atoms with Gasteiger partial charge in [-0.2, -0.15) is 0 Å². The van der Waals surface area contributed by atoms with Gasteiger partial charge in [0.05, 0.1) is 0 Å². The fourth-order valence-electron chi connectivity index (χ4n) is 1.14. The molecule has 0 spiro atoms. The van der Waals surface area contributed by atoms with E-state index < -0.39 is 0 Å². The Hall–Kier alpha value is -0.260. The molecule has 0 amide bonds. The molecule has 0 aromatic rings. The number of rotatable bonds is 1. The summed E-state index contributed by atoms with van der Waals surface area (Å²) in [6.07, 6.45) is 1.27. The van der Waals surface area contributed by atoms with Crippen molar-refractivity contribution in [1.82, 2.24) is 0 Å². The number of hydrogen-bond donors (Lipinski definition) is 0. The van der Waals surface area contributed by atoms with Gasteiger partial charge in [0.15, 0.2) is 0 Å². The van der Waals surface area contributed by atoms with Gasteiger partial charge >= 0.3 is 0 Å². The van der Waals surface area contributed by atoms with E-state index in [9.17, 15) is 0 Å². The van der Waals surface area contributed by atoms with E-state index in [-0.39, 0.29) is 0 Å². The van der Waals surface area contributed by atoms with Gasteiger partial charge in [-0.1, -0.05) is 25.0 Å². The maximum atomic E-state index is 2.27. The predicted molar refractivity (Wildman–Crippen MR) is 32.2 cm³/mol. The van der Waals surface area contributed by atoms with Gasteiger partial charge in [0.25, 0.3) is 0 Å². The molecule has 0 bridgehead atoms. The second kappa shape index (κ2) is 1.36. The molecule has 0 fully saturated rings. The van der Waals surface area contributed by atoms with E-state index in [2.05, 4.69) is 20.8 Å². The molecule has 0 aromatic carbocycles. The van der Waals surface area contributed by atoms with Crippen LogP contribution in [0.1, 0.15) is 27.2 Å². The zero-order chi connectivity index (χ0) is 5.44. The molecule has 1 rings (SSSR count). The van der Waals surface area contributed by atoms with E-state index in [1.165, 1.54) is 6.42 Å². The Morgan fingerprint density at radius 1 is 1.57 bits per heavy atom. The van der Waals surface area contributed by atoms with E-state index in [0.29, 0.717) is 0 Å². The Balaban J connectivity index is 2.44. The molecular formula is C7H12. The lowest BCUT2D eigenvalue weighted by atomic mass is 10.3. The molecule has 0 heterocycles. The van der Waals surface area contributed by atoms with Crippen molar-refractivity contribution >= 4 is 0 Å². The summed E-state index contributed by atoms with van der Waals surface area (Å²) in [5.74, 6) is 0.866. The second-order valence-corrected chi connectivity index (χ2v) is 2.28. The highest BCUT2D eigenvalue weighted by Gasteiger charge is 2.24. The summed E-state index contributed by atoms with van der Waals surface area (Å²) < 4.78 is 0. The third kappa shape index (κ3) is 0.583. The van der Waals surface area contributed by atoms with Crippen molar-refractivity contribution in [2.75, 3.05) is 0 Å². The molecule has 1 aliphatic rings. The highest BCUT2D eigenvalue weighted by Crippen LogP contribution is 2.39. The van der Waals surface area contributed by atoms with Gasteiger partial charge in [-0.25, -0.2) is 0 Å². The van der Waals surface area contributed by atoms with Gasteiger partial charge in [0.1, 0.15) is 0 Å². The molecule has 0 saturated heterocycles. The van der Waals surface area contributed by atoms with E-state index >= 15 is 0 Å². The average Bonchev–Trinajstić information content (AvgIpc) is 2.17. The van der Waals surface area contributed by atoms with Gasteiger partial charge in [-0.15, -0.1) is 0 Å². The lowest BCUT2D eigenvalue weighted by Gasteiger charge is -1.79. The van der Waals surface area contributed by atoms with Crippen LogP contribution < -0.4 is 0 Å². The van der Waals surface area contributed by atoms with Crippen LogP contribution in [0.2, 0.25) is 0 Å². The van der Waals surface area contributed by atoms with Crippen molar-refractivity contribution in [3.63, 3.8) is 0 Å². The largest absolute Gasteiger partial charge is 0.0666 e. The monoisotopic (exact) mass is 96.1 g/mol. The lowest BCUT2D eigenvalue weighted by Crippen LogP contribution is -1.66. The molecule has 1 aliphatic carbocycles. The first-order valence-electron chi connectivity index (χ1n) is 2.97. The Bertz CT molecular complexity index is 109. The van der Waals surface area contributed by atoms with Crippen molar-refractivity contribution < 1.29 is 0 Å². The van der Waals surface area contributed by atoms with Crippen LogP contribution in [0.15, 0.2) is 11.1 Å². The first-order chi connectivity index (χ1) is 3.27. The third-order valence-corrected chi connectivity index (χ3v) is 1.98. The summed E-state index contributed by atoms with van der Waals surface area (Å²) in [4.78, 5) is 0. The Morgan fingerprint density at radius 3 is 2.00 bits per heavy atom. The van der Waals surface area contributed by atoms with Crippen LogP contribution in [-0.4, -0.2) is 0 Å². The van der Waals surface area contributed by atoms with E-state index in [1.54, 1.807) is 11.1 Å². The van der Waals surface area contributed by atoms with Crippen LogP contribution in [0.25, 0.3) is 0 Å². The predicted octanol–water partition coefficient (Wildman–Crippen LogP) is 2.36. The summed E-state index contributed by atoms with van der Waals surface area (Å²) in [5.41, 5.74) is 3.31. The zero-order valence-electron chi connectivity index (χ0n) is 5.28. The molecule has 0 saturated carbocycles. The summed E-state index contributed by atoms with van der Waals surface area (Å²) in [7, 11) is 0. The normalized spacial score (nSPS) is 28.7. The van der Waals surface area contributed by atoms with Crippen LogP contribution in [0.4, 0.5) is 0 Å². The molecule has 7 heavy (non-hydrogen) atoms. The van der Waals surface area contributed by atoms with Crippen LogP contribution in [0.5, 0.6) is 0 Å². The Labute approximate surface area is 45.2 Å². The molecule has 0 radical (unpaired) electrons. The summed E-state index contributed by atoms with van der Waals surface area (Å²) in [6.45, 7) is 6.72. The maximum absolute atomic E-state index is 2.27. The maximum Gasteiger partial charge on any atom is -0.00186 e. The lowest BCUT2D eigenvalue weighted by molar-refractivity contribution is 0.945. The van der Waals surface area contributed by atoms with Crippen molar-refractivity contribution in [2.24, 2.45) is 5.92 Å². The van der Waals surface area contributed by atoms with Gasteiger partial charge in [0, 0.05) is 0 Å². The van der Waals surface area contributed by atoms with Crippen LogP contribution >= 0.6 is 0 Å². The molecule has 0 heteroatoms. The first kappa shape index (κ1) is 4.89. The molecule has 40 valence electrons. The van der Waals surface area contributed by atoms with Gasteiger partial charge < -0.3 is 0 Å². The first-order valence-corrected chi connectivity index (χ1v) is 2.97. The van der Waals surface area contributed by atoms with Crippen LogP contribution in [0.3, 0.4) is 0 Å². The fourth-order valence-corrected chi connectivity index (χ4v) is 1.14. The molecule has 0 nitrogen and oxygen atoms in total. The third-order valence-electron chi connectivity index (χ3n) is 1.98. The number of hydrogen-bond acceptors (Lipinski definition) is 0. The summed E-state index contributed by atoms with van der Waals surface area (Å²) in [6, 6.07) is 0. The van der Waals surface area contributed by atoms with Crippen molar-refractivity contribution in [2.45, 2.75) is 27.2 Å². The van der Waals surface area contributed by atoms with Crippen molar-refractivity contribution in [1.29, 1.82) is 0 Å². The SMILES string of the molecule is CCC1=C(C)C1C. The minimum absolute atomic E-state index is 0.866. The summed E-state index contributed by atoms with van der Waals surface area (Å²) >= 11 is 0. The van der Waals surface area contributed by atoms with Gasteiger partial charge in [0.2, 0.25) is 0 Å².